The van der Waals surface area contributed by atoms with Gasteiger partial charge in [0.15, 0.2) is 0 Å². The van der Waals surface area contributed by atoms with Crippen molar-refractivity contribution in [2.75, 3.05) is 0 Å². The first-order valence-corrected chi connectivity index (χ1v) is 7.57. The fraction of sp³-hybridized carbons (Fsp3) is 0.0588. The van der Waals surface area contributed by atoms with Gasteiger partial charge in [0.1, 0.15) is 12.4 Å². The van der Waals surface area contributed by atoms with E-state index in [4.69, 9.17) is 4.74 Å². The first-order valence-electron chi connectivity index (χ1n) is 6.78. The summed E-state index contributed by atoms with van der Waals surface area (Å²) in [5, 5.41) is 0.577. The van der Waals surface area contributed by atoms with Crippen molar-refractivity contribution < 1.29 is 13.9 Å². The van der Waals surface area contributed by atoms with Crippen LogP contribution in [0, 0.1) is 5.82 Å². The molecule has 0 radical (unpaired) electrons. The Kier molecular flexibility index (Phi) is 4.25. The minimum absolute atomic E-state index is 0.155. The number of esters is 1. The molecule has 0 aliphatic carbocycles. The Morgan fingerprint density at radius 3 is 2.74 bits per heavy atom. The van der Waals surface area contributed by atoms with Gasteiger partial charge in [-0.2, -0.15) is 0 Å². The van der Waals surface area contributed by atoms with Crippen molar-refractivity contribution in [3.63, 3.8) is 0 Å². The van der Waals surface area contributed by atoms with E-state index >= 15 is 0 Å². The molecule has 0 saturated carbocycles. The smallest absolute Gasteiger partial charge is 0.339 e. The lowest BCUT2D eigenvalue weighted by molar-refractivity contribution is 0.0471. The summed E-state index contributed by atoms with van der Waals surface area (Å²) in [5.41, 5.74) is 0.560. The lowest BCUT2D eigenvalue weighted by atomic mass is 10.1. The van der Waals surface area contributed by atoms with Gasteiger partial charge in [-0.05, 0) is 18.2 Å². The second-order valence-electron chi connectivity index (χ2n) is 4.90. The normalized spacial score (nSPS) is 10.7. The molecule has 0 atom stereocenters. The van der Waals surface area contributed by atoms with Crippen molar-refractivity contribution >= 4 is 32.8 Å². The highest BCUT2D eigenvalue weighted by Gasteiger charge is 2.14. The maximum absolute atomic E-state index is 13.7. The molecular weight excluding hydrogens is 365 g/mol. The summed E-state index contributed by atoms with van der Waals surface area (Å²) in [6.45, 7) is -0.209. The average molecular weight is 376 g/mol. The van der Waals surface area contributed by atoms with Crippen LogP contribution in [-0.4, -0.2) is 11.0 Å². The number of carbonyl (C=O) groups is 1. The van der Waals surface area contributed by atoms with Crippen LogP contribution in [0.25, 0.3) is 10.9 Å². The molecule has 0 aliphatic heterocycles. The first kappa shape index (κ1) is 15.4. The van der Waals surface area contributed by atoms with E-state index in [0.29, 0.717) is 15.4 Å². The molecule has 2 aromatic carbocycles. The summed E-state index contributed by atoms with van der Waals surface area (Å²) in [6.07, 6.45) is 0. The highest BCUT2D eigenvalue weighted by molar-refractivity contribution is 9.10. The number of halogens is 2. The summed E-state index contributed by atoms with van der Waals surface area (Å²) < 4.78 is 19.5. The van der Waals surface area contributed by atoms with E-state index in [2.05, 4.69) is 20.9 Å². The molecule has 3 rings (SSSR count). The average Bonchev–Trinajstić information content (AvgIpc) is 2.53. The zero-order valence-electron chi connectivity index (χ0n) is 11.8. The summed E-state index contributed by atoms with van der Waals surface area (Å²) in [6, 6.07) is 12.6. The van der Waals surface area contributed by atoms with E-state index in [0.717, 1.165) is 0 Å². The van der Waals surface area contributed by atoms with Crippen LogP contribution in [0.1, 0.15) is 15.9 Å². The third-order valence-corrected chi connectivity index (χ3v) is 3.84. The SMILES string of the molecule is O=C(OCc1ccc(Br)cc1F)c1cc(=O)[nH]c2ccccc12. The summed E-state index contributed by atoms with van der Waals surface area (Å²) in [7, 11) is 0. The number of hydrogen-bond donors (Lipinski definition) is 1. The van der Waals surface area contributed by atoms with Crippen molar-refractivity contribution in [2.45, 2.75) is 6.61 Å². The molecule has 3 aromatic rings. The molecule has 0 spiro atoms. The van der Waals surface area contributed by atoms with Crippen LogP contribution in [0.4, 0.5) is 4.39 Å². The summed E-state index contributed by atoms with van der Waals surface area (Å²) >= 11 is 3.16. The molecule has 0 fully saturated rings. The monoisotopic (exact) mass is 375 g/mol. The number of ether oxygens (including phenoxy) is 1. The third-order valence-electron chi connectivity index (χ3n) is 3.34. The maximum Gasteiger partial charge on any atom is 0.339 e. The standard InChI is InChI=1S/C17H11BrFNO3/c18-11-6-5-10(14(19)7-11)9-23-17(22)13-8-16(21)20-15-4-2-1-3-12(13)15/h1-8H,9H2,(H,20,21). The fourth-order valence-corrected chi connectivity index (χ4v) is 2.57. The first-order chi connectivity index (χ1) is 11.0. The number of aromatic nitrogens is 1. The van der Waals surface area contributed by atoms with E-state index in [1.807, 2.05) is 0 Å². The minimum Gasteiger partial charge on any atom is -0.457 e. The lowest BCUT2D eigenvalue weighted by Crippen LogP contribution is -2.13. The molecule has 23 heavy (non-hydrogen) atoms. The molecule has 0 aliphatic rings. The van der Waals surface area contributed by atoms with E-state index in [-0.39, 0.29) is 17.7 Å². The number of H-pyrrole nitrogens is 1. The van der Waals surface area contributed by atoms with Crippen LogP contribution in [-0.2, 0) is 11.3 Å². The number of aromatic amines is 1. The number of nitrogens with one attached hydrogen (secondary N) is 1. The number of para-hydroxylation sites is 1. The molecule has 0 saturated heterocycles. The number of benzene rings is 2. The largest absolute Gasteiger partial charge is 0.457 e. The van der Waals surface area contributed by atoms with Crippen molar-refractivity contribution in [1.82, 2.24) is 4.98 Å². The number of hydrogen-bond acceptors (Lipinski definition) is 3. The van der Waals surface area contributed by atoms with Crippen molar-refractivity contribution in [3.05, 3.63) is 80.3 Å². The number of rotatable bonds is 3. The zero-order chi connectivity index (χ0) is 16.4. The molecule has 1 aromatic heterocycles. The predicted molar refractivity (Wildman–Crippen MR) is 87.8 cm³/mol. The van der Waals surface area contributed by atoms with Gasteiger partial charge in [0.25, 0.3) is 0 Å². The molecule has 1 heterocycles. The van der Waals surface area contributed by atoms with E-state index in [9.17, 15) is 14.0 Å². The van der Waals surface area contributed by atoms with Crippen LogP contribution in [0.5, 0.6) is 0 Å². The van der Waals surface area contributed by atoms with Gasteiger partial charge in [-0.15, -0.1) is 0 Å². The van der Waals surface area contributed by atoms with E-state index < -0.39 is 17.3 Å². The van der Waals surface area contributed by atoms with Gasteiger partial charge < -0.3 is 9.72 Å². The molecule has 4 nitrogen and oxygen atoms in total. The Morgan fingerprint density at radius 1 is 1.17 bits per heavy atom. The van der Waals surface area contributed by atoms with Gasteiger partial charge in [0.05, 0.1) is 5.56 Å². The van der Waals surface area contributed by atoms with Gasteiger partial charge in [-0.25, -0.2) is 9.18 Å². The van der Waals surface area contributed by atoms with Gasteiger partial charge in [-0.1, -0.05) is 40.2 Å². The molecule has 0 unspecified atom stereocenters. The van der Waals surface area contributed by atoms with Crippen molar-refractivity contribution in [3.8, 4) is 0 Å². The Morgan fingerprint density at radius 2 is 1.96 bits per heavy atom. The molecule has 116 valence electrons. The Bertz CT molecular complexity index is 952. The predicted octanol–water partition coefficient (Wildman–Crippen LogP) is 3.79. The third kappa shape index (κ3) is 3.32. The van der Waals surface area contributed by atoms with Crippen LogP contribution >= 0.6 is 15.9 Å². The lowest BCUT2D eigenvalue weighted by Gasteiger charge is -2.08. The minimum atomic E-state index is -0.672. The molecule has 0 bridgehead atoms. The number of pyridine rings is 1. The number of fused-ring (bicyclic) bond motifs is 1. The number of carbonyl (C=O) groups excluding carboxylic acids is 1. The van der Waals surface area contributed by atoms with Crippen molar-refractivity contribution in [2.24, 2.45) is 0 Å². The van der Waals surface area contributed by atoms with Gasteiger partial charge in [-0.3, -0.25) is 4.79 Å². The van der Waals surface area contributed by atoms with Crippen LogP contribution in [0.15, 0.2) is 57.8 Å². The Balaban J connectivity index is 1.88. The Hall–Kier alpha value is -2.47. The summed E-state index contributed by atoms with van der Waals surface area (Å²) in [5.74, 6) is -1.14. The van der Waals surface area contributed by atoms with Crippen molar-refractivity contribution in [1.29, 1.82) is 0 Å². The van der Waals surface area contributed by atoms with E-state index in [1.165, 1.54) is 18.2 Å². The van der Waals surface area contributed by atoms with Crippen LogP contribution in [0.2, 0.25) is 0 Å². The fourth-order valence-electron chi connectivity index (χ4n) is 2.23. The van der Waals surface area contributed by atoms with Crippen LogP contribution in [0.3, 0.4) is 0 Å². The zero-order valence-corrected chi connectivity index (χ0v) is 13.4. The van der Waals surface area contributed by atoms with Gasteiger partial charge >= 0.3 is 5.97 Å². The van der Waals surface area contributed by atoms with E-state index in [1.54, 1.807) is 30.3 Å². The molecule has 6 heteroatoms. The second kappa shape index (κ2) is 6.34. The Labute approximate surface area is 139 Å². The highest BCUT2D eigenvalue weighted by atomic mass is 79.9. The second-order valence-corrected chi connectivity index (χ2v) is 5.82. The quantitative estimate of drug-likeness (QED) is 0.708. The van der Waals surface area contributed by atoms with Gasteiger partial charge in [0, 0.05) is 27.0 Å². The topological polar surface area (TPSA) is 59.2 Å². The summed E-state index contributed by atoms with van der Waals surface area (Å²) in [4.78, 5) is 26.5. The van der Waals surface area contributed by atoms with Gasteiger partial charge in [0.2, 0.25) is 5.56 Å². The van der Waals surface area contributed by atoms with Crippen LogP contribution < -0.4 is 5.56 Å². The molecule has 0 amide bonds. The highest BCUT2D eigenvalue weighted by Crippen LogP contribution is 2.18. The molecule has 1 N–H and O–H groups in total. The molecular formula is C17H11BrFNO3. The maximum atomic E-state index is 13.7.